The Kier molecular flexibility index (Phi) is 4.87. The van der Waals surface area contributed by atoms with Gasteiger partial charge in [-0.25, -0.2) is 9.78 Å². The van der Waals surface area contributed by atoms with Gasteiger partial charge in [0.05, 0.1) is 31.4 Å². The molecule has 1 N–H and O–H groups in total. The standard InChI is InChI=1S/C16H22N4O4S/c21-13(19-5-2-1-3-12(19)14-23-7-8-24-14)9-11-10-25-16(18-11)20-6-4-17-15(20)22/h10,12,14H,1-9H2,(H,17,22). The van der Waals surface area contributed by atoms with Crippen LogP contribution < -0.4 is 10.2 Å². The Balaban J connectivity index is 1.42. The molecule has 3 aliphatic heterocycles. The van der Waals surface area contributed by atoms with Gasteiger partial charge in [0.1, 0.15) is 0 Å². The summed E-state index contributed by atoms with van der Waals surface area (Å²) in [5.74, 6) is 0.0477. The molecule has 0 spiro atoms. The Morgan fingerprint density at radius 2 is 2.16 bits per heavy atom. The van der Waals surface area contributed by atoms with E-state index in [2.05, 4.69) is 10.3 Å². The summed E-state index contributed by atoms with van der Waals surface area (Å²) in [4.78, 5) is 32.5. The lowest BCUT2D eigenvalue weighted by Crippen LogP contribution is -2.50. The molecule has 3 fully saturated rings. The van der Waals surface area contributed by atoms with Crippen LogP contribution in [0.25, 0.3) is 0 Å². The lowest BCUT2D eigenvalue weighted by molar-refractivity contribution is -0.150. The second-order valence-electron chi connectivity index (χ2n) is 6.44. The highest BCUT2D eigenvalue weighted by Gasteiger charge is 2.36. The summed E-state index contributed by atoms with van der Waals surface area (Å²) in [5.41, 5.74) is 0.710. The summed E-state index contributed by atoms with van der Waals surface area (Å²) >= 11 is 1.40. The van der Waals surface area contributed by atoms with Crippen molar-refractivity contribution in [2.45, 2.75) is 38.0 Å². The van der Waals surface area contributed by atoms with Gasteiger partial charge in [0.15, 0.2) is 11.4 Å². The van der Waals surface area contributed by atoms with Crippen molar-refractivity contribution in [2.24, 2.45) is 0 Å². The predicted octanol–water partition coefficient (Wildman–Crippen LogP) is 0.969. The molecule has 0 bridgehead atoms. The van der Waals surface area contributed by atoms with Crippen LogP contribution in [-0.2, 0) is 20.7 Å². The molecule has 3 aliphatic rings. The summed E-state index contributed by atoms with van der Waals surface area (Å²) in [6.07, 6.45) is 2.94. The van der Waals surface area contributed by atoms with Crippen molar-refractivity contribution in [3.63, 3.8) is 0 Å². The Morgan fingerprint density at radius 3 is 2.92 bits per heavy atom. The van der Waals surface area contributed by atoms with Gasteiger partial charge in [-0.2, -0.15) is 0 Å². The highest BCUT2D eigenvalue weighted by molar-refractivity contribution is 7.14. The number of aromatic nitrogens is 1. The molecule has 1 atom stereocenters. The van der Waals surface area contributed by atoms with E-state index >= 15 is 0 Å². The third-order valence-electron chi connectivity index (χ3n) is 4.79. The molecule has 0 saturated carbocycles. The number of nitrogens with zero attached hydrogens (tertiary/aromatic N) is 3. The van der Waals surface area contributed by atoms with Crippen molar-refractivity contribution in [1.82, 2.24) is 15.2 Å². The van der Waals surface area contributed by atoms with Crippen molar-refractivity contribution in [1.29, 1.82) is 0 Å². The molecule has 3 saturated heterocycles. The quantitative estimate of drug-likeness (QED) is 0.858. The zero-order valence-electron chi connectivity index (χ0n) is 14.0. The number of urea groups is 1. The molecule has 4 heterocycles. The van der Waals surface area contributed by atoms with Gasteiger partial charge < -0.3 is 19.7 Å². The molecule has 0 radical (unpaired) electrons. The number of nitrogens with one attached hydrogen (secondary N) is 1. The minimum absolute atomic E-state index is 0.00813. The lowest BCUT2D eigenvalue weighted by atomic mass is 10.0. The van der Waals surface area contributed by atoms with Gasteiger partial charge in [0, 0.05) is 25.0 Å². The number of anilines is 1. The van der Waals surface area contributed by atoms with Gasteiger partial charge in [0.2, 0.25) is 5.91 Å². The molecule has 9 heteroatoms. The zero-order valence-corrected chi connectivity index (χ0v) is 14.8. The third-order valence-corrected chi connectivity index (χ3v) is 5.70. The minimum Gasteiger partial charge on any atom is -0.348 e. The summed E-state index contributed by atoms with van der Waals surface area (Å²) < 4.78 is 11.3. The molecule has 1 aromatic heterocycles. The highest BCUT2D eigenvalue weighted by Crippen LogP contribution is 2.26. The average molecular weight is 366 g/mol. The number of carbonyl (C=O) groups excluding carboxylic acids is 2. The summed E-state index contributed by atoms with van der Waals surface area (Å²) in [6, 6.07) is -0.134. The predicted molar refractivity (Wildman–Crippen MR) is 91.6 cm³/mol. The van der Waals surface area contributed by atoms with Gasteiger partial charge >= 0.3 is 6.03 Å². The Hall–Kier alpha value is -1.71. The Morgan fingerprint density at radius 1 is 1.32 bits per heavy atom. The van der Waals surface area contributed by atoms with Gasteiger partial charge in [-0.05, 0) is 19.3 Å². The first-order chi connectivity index (χ1) is 12.2. The van der Waals surface area contributed by atoms with E-state index in [1.165, 1.54) is 11.3 Å². The number of hydrogen-bond acceptors (Lipinski definition) is 6. The van der Waals surface area contributed by atoms with E-state index in [1.807, 2.05) is 10.3 Å². The van der Waals surface area contributed by atoms with Gasteiger partial charge in [-0.3, -0.25) is 9.69 Å². The summed E-state index contributed by atoms with van der Waals surface area (Å²) in [6.45, 7) is 3.17. The molecule has 0 aromatic carbocycles. The fraction of sp³-hybridized carbons (Fsp3) is 0.688. The van der Waals surface area contributed by atoms with Crippen LogP contribution in [0.4, 0.5) is 9.93 Å². The van der Waals surface area contributed by atoms with Crippen LogP contribution >= 0.6 is 11.3 Å². The largest absolute Gasteiger partial charge is 0.348 e. The van der Waals surface area contributed by atoms with Crippen molar-refractivity contribution < 1.29 is 19.1 Å². The minimum atomic E-state index is -0.302. The van der Waals surface area contributed by atoms with Crippen molar-refractivity contribution in [3.8, 4) is 0 Å². The van der Waals surface area contributed by atoms with Crippen LogP contribution in [0.2, 0.25) is 0 Å². The molecule has 1 unspecified atom stereocenters. The normalized spacial score (nSPS) is 24.8. The van der Waals surface area contributed by atoms with Gasteiger partial charge in [-0.1, -0.05) is 0 Å². The van der Waals surface area contributed by atoms with E-state index in [0.717, 1.165) is 25.8 Å². The Labute approximate surface area is 150 Å². The number of piperidine rings is 1. The number of ether oxygens (including phenoxy) is 2. The number of hydrogen-bond donors (Lipinski definition) is 1. The van der Waals surface area contributed by atoms with Gasteiger partial charge in [0.25, 0.3) is 0 Å². The van der Waals surface area contributed by atoms with Crippen molar-refractivity contribution >= 4 is 28.4 Å². The molecule has 4 rings (SSSR count). The smallest absolute Gasteiger partial charge is 0.323 e. The van der Waals surface area contributed by atoms with Crippen molar-refractivity contribution in [2.75, 3.05) is 37.7 Å². The molecule has 0 aliphatic carbocycles. The number of rotatable bonds is 4. The second-order valence-corrected chi connectivity index (χ2v) is 7.28. The van der Waals surface area contributed by atoms with E-state index in [1.54, 1.807) is 4.90 Å². The number of thiazole rings is 1. The van der Waals surface area contributed by atoms with Crippen LogP contribution in [0, 0.1) is 0 Å². The molecular formula is C16H22N4O4S. The highest BCUT2D eigenvalue weighted by atomic mass is 32.1. The van der Waals surface area contributed by atoms with Crippen molar-refractivity contribution in [3.05, 3.63) is 11.1 Å². The van der Waals surface area contributed by atoms with Crippen LogP contribution in [0.5, 0.6) is 0 Å². The van der Waals surface area contributed by atoms with E-state index in [9.17, 15) is 9.59 Å². The fourth-order valence-electron chi connectivity index (χ4n) is 3.56. The fourth-order valence-corrected chi connectivity index (χ4v) is 4.41. The average Bonchev–Trinajstić information content (AvgIpc) is 3.36. The number of carbonyl (C=O) groups is 2. The van der Waals surface area contributed by atoms with E-state index < -0.39 is 0 Å². The topological polar surface area (TPSA) is 84.0 Å². The van der Waals surface area contributed by atoms with E-state index in [0.29, 0.717) is 37.1 Å². The van der Waals surface area contributed by atoms with Crippen LogP contribution in [0.3, 0.4) is 0 Å². The van der Waals surface area contributed by atoms with Crippen LogP contribution in [0.15, 0.2) is 5.38 Å². The summed E-state index contributed by atoms with van der Waals surface area (Å²) in [7, 11) is 0. The van der Waals surface area contributed by atoms with Crippen LogP contribution in [0.1, 0.15) is 25.0 Å². The maximum atomic E-state index is 12.8. The lowest BCUT2D eigenvalue weighted by Gasteiger charge is -2.38. The van der Waals surface area contributed by atoms with E-state index in [-0.39, 0.29) is 30.7 Å². The van der Waals surface area contributed by atoms with Crippen LogP contribution in [-0.4, -0.2) is 67.0 Å². The SMILES string of the molecule is O=C1NCCN1c1nc(CC(=O)N2CCCCC2C2OCCO2)cs1. The molecule has 1 aromatic rings. The molecule has 8 nitrogen and oxygen atoms in total. The third kappa shape index (κ3) is 3.49. The number of amides is 3. The van der Waals surface area contributed by atoms with Gasteiger partial charge in [-0.15, -0.1) is 11.3 Å². The zero-order chi connectivity index (χ0) is 17.2. The summed E-state index contributed by atoms with van der Waals surface area (Å²) in [5, 5.41) is 5.27. The maximum absolute atomic E-state index is 12.8. The molecule has 25 heavy (non-hydrogen) atoms. The molecular weight excluding hydrogens is 344 g/mol. The monoisotopic (exact) mass is 366 g/mol. The Bertz CT molecular complexity index is 646. The molecule has 136 valence electrons. The second kappa shape index (κ2) is 7.27. The first-order valence-corrected chi connectivity index (χ1v) is 9.63. The van der Waals surface area contributed by atoms with E-state index in [4.69, 9.17) is 9.47 Å². The number of likely N-dealkylation sites (tertiary alicyclic amines) is 1. The first-order valence-electron chi connectivity index (χ1n) is 8.75. The first kappa shape index (κ1) is 16.7. The maximum Gasteiger partial charge on any atom is 0.323 e. The molecule has 3 amide bonds.